The van der Waals surface area contributed by atoms with Crippen LogP contribution in [0.4, 0.5) is 33.2 Å². The van der Waals surface area contributed by atoms with E-state index in [0.29, 0.717) is 5.69 Å². The number of benzene rings is 8. The Labute approximate surface area is 402 Å². The minimum absolute atomic E-state index is 0.244. The van der Waals surface area contributed by atoms with Gasteiger partial charge in [0.2, 0.25) is 0 Å². The van der Waals surface area contributed by atoms with Gasteiger partial charge < -0.3 is 31.2 Å². The first-order valence-electron chi connectivity index (χ1n) is 22.7. The molecule has 0 aliphatic carbocycles. The lowest BCUT2D eigenvalue weighted by Crippen LogP contribution is -2.26. The SMILES string of the molecule is Cc1ccc(-c2ccccc2)cc1N.Cc1ccc(-c2ccccc2)cc1Nc1ccc2c(ccn2C(=O)OC(C)(C)C)c1.O=C(O)c1ccc(-c2ccccc2)cc1Nc1ccc2[nH]ccc2c1. The summed E-state index contributed by atoms with van der Waals surface area (Å²) in [5.41, 5.74) is 20.8. The van der Waals surface area contributed by atoms with Gasteiger partial charge in [-0.3, -0.25) is 4.57 Å². The summed E-state index contributed by atoms with van der Waals surface area (Å²) in [5, 5.41) is 18.3. The number of aromatic amines is 1. The Bertz CT molecular complexity index is 3370. The molecule has 9 heteroatoms. The van der Waals surface area contributed by atoms with Crippen molar-refractivity contribution in [2.75, 3.05) is 16.4 Å². The van der Waals surface area contributed by atoms with E-state index in [1.54, 1.807) is 16.8 Å². The van der Waals surface area contributed by atoms with Gasteiger partial charge in [-0.2, -0.15) is 0 Å². The van der Waals surface area contributed by atoms with Gasteiger partial charge in [0.15, 0.2) is 0 Å². The lowest BCUT2D eigenvalue weighted by Gasteiger charge is -2.19. The molecule has 0 amide bonds. The van der Waals surface area contributed by atoms with E-state index in [-0.39, 0.29) is 11.7 Å². The van der Waals surface area contributed by atoms with E-state index >= 15 is 0 Å². The number of nitrogen functional groups attached to an aromatic ring is 1. The second-order valence-electron chi connectivity index (χ2n) is 17.7. The molecule has 0 saturated carbocycles. The summed E-state index contributed by atoms with van der Waals surface area (Å²) in [5.74, 6) is -0.954. The molecule has 0 fully saturated rings. The Kier molecular flexibility index (Phi) is 14.1. The maximum Gasteiger partial charge on any atom is 0.418 e. The van der Waals surface area contributed by atoms with Crippen molar-refractivity contribution in [1.29, 1.82) is 0 Å². The third-order valence-corrected chi connectivity index (χ3v) is 11.5. The summed E-state index contributed by atoms with van der Waals surface area (Å²) >= 11 is 0. The van der Waals surface area contributed by atoms with Crippen LogP contribution in [0.5, 0.6) is 0 Å². The van der Waals surface area contributed by atoms with Crippen LogP contribution in [0.1, 0.15) is 42.3 Å². The number of hydrogen-bond acceptors (Lipinski definition) is 6. The number of carbonyl (C=O) groups excluding carboxylic acids is 1. The Morgan fingerprint density at radius 3 is 1.65 bits per heavy atom. The maximum atomic E-state index is 12.5. The summed E-state index contributed by atoms with van der Waals surface area (Å²) in [6, 6.07) is 64.2. The van der Waals surface area contributed by atoms with Crippen LogP contribution in [0.2, 0.25) is 0 Å². The largest absolute Gasteiger partial charge is 0.478 e. The van der Waals surface area contributed by atoms with Gasteiger partial charge in [-0.05, 0) is 152 Å². The number of nitrogens with zero attached hydrogens (tertiary/aromatic N) is 1. The van der Waals surface area contributed by atoms with Gasteiger partial charge in [0, 0.05) is 51.4 Å². The topological polar surface area (TPSA) is 134 Å². The lowest BCUT2D eigenvalue weighted by atomic mass is 10.0. The molecule has 10 aromatic rings. The molecule has 69 heavy (non-hydrogen) atoms. The van der Waals surface area contributed by atoms with Crippen molar-refractivity contribution in [2.45, 2.75) is 40.2 Å². The molecule has 9 nitrogen and oxygen atoms in total. The summed E-state index contributed by atoms with van der Waals surface area (Å²) in [4.78, 5) is 27.2. The Balaban J connectivity index is 0.000000148. The van der Waals surface area contributed by atoms with E-state index in [4.69, 9.17) is 10.5 Å². The number of aromatic carboxylic acids is 1. The lowest BCUT2D eigenvalue weighted by molar-refractivity contribution is 0.0543. The number of hydrogen-bond donors (Lipinski definition) is 5. The number of nitrogens with one attached hydrogen (secondary N) is 3. The highest BCUT2D eigenvalue weighted by Crippen LogP contribution is 2.32. The van der Waals surface area contributed by atoms with E-state index in [0.717, 1.165) is 61.2 Å². The van der Waals surface area contributed by atoms with Crippen LogP contribution < -0.4 is 16.4 Å². The fourth-order valence-electron chi connectivity index (χ4n) is 7.79. The molecule has 0 spiro atoms. The van der Waals surface area contributed by atoms with Crippen molar-refractivity contribution in [3.8, 4) is 33.4 Å². The third-order valence-electron chi connectivity index (χ3n) is 11.5. The van der Waals surface area contributed by atoms with Gasteiger partial charge >= 0.3 is 12.1 Å². The van der Waals surface area contributed by atoms with Crippen LogP contribution in [-0.2, 0) is 4.74 Å². The smallest absolute Gasteiger partial charge is 0.418 e. The number of aromatic nitrogens is 2. The molecule has 0 unspecified atom stereocenters. The number of aryl methyl sites for hydroxylation is 2. The van der Waals surface area contributed by atoms with Crippen LogP contribution in [0.3, 0.4) is 0 Å². The van der Waals surface area contributed by atoms with Crippen molar-refractivity contribution in [3.63, 3.8) is 0 Å². The highest BCUT2D eigenvalue weighted by Gasteiger charge is 2.19. The molecule has 10 rings (SSSR count). The van der Waals surface area contributed by atoms with Crippen molar-refractivity contribution >= 4 is 62.3 Å². The average Bonchev–Trinajstić information content (AvgIpc) is 4.01. The minimum Gasteiger partial charge on any atom is -0.478 e. The van der Waals surface area contributed by atoms with Crippen LogP contribution in [0.25, 0.3) is 55.2 Å². The van der Waals surface area contributed by atoms with Crippen LogP contribution in [-0.4, -0.2) is 32.3 Å². The van der Waals surface area contributed by atoms with E-state index in [2.05, 4.69) is 77.1 Å². The molecule has 8 aromatic carbocycles. The zero-order chi connectivity index (χ0) is 48.5. The molecule has 0 atom stereocenters. The summed E-state index contributed by atoms with van der Waals surface area (Å²) in [6.45, 7) is 9.71. The predicted octanol–water partition coefficient (Wildman–Crippen LogP) is 15.7. The quantitative estimate of drug-likeness (QED) is 0.0958. The molecule has 0 radical (unpaired) electrons. The average molecular weight is 910 g/mol. The third kappa shape index (κ3) is 11.8. The van der Waals surface area contributed by atoms with Crippen LogP contribution in [0.15, 0.2) is 207 Å². The van der Waals surface area contributed by atoms with Gasteiger partial charge in [0.25, 0.3) is 0 Å². The number of carboxylic acid groups (broad SMARTS) is 1. The minimum atomic E-state index is -0.954. The van der Waals surface area contributed by atoms with Crippen molar-refractivity contribution < 1.29 is 19.4 Å². The van der Waals surface area contributed by atoms with Gasteiger partial charge in [-0.25, -0.2) is 9.59 Å². The molecule has 0 saturated heterocycles. The van der Waals surface area contributed by atoms with Gasteiger partial charge in [0.05, 0.1) is 16.8 Å². The van der Waals surface area contributed by atoms with E-state index < -0.39 is 11.6 Å². The zero-order valence-electron chi connectivity index (χ0n) is 39.3. The molecule has 2 aromatic heterocycles. The number of carboxylic acids is 1. The number of carbonyl (C=O) groups is 2. The maximum absolute atomic E-state index is 12.5. The second-order valence-corrected chi connectivity index (χ2v) is 17.7. The first kappa shape index (κ1) is 46.7. The zero-order valence-corrected chi connectivity index (χ0v) is 39.3. The number of nitrogens with two attached hydrogens (primary N) is 1. The summed E-state index contributed by atoms with van der Waals surface area (Å²) < 4.78 is 7.04. The molecular formula is C60H55N5O4. The molecule has 0 aliphatic heterocycles. The van der Waals surface area contributed by atoms with Gasteiger partial charge in [-0.15, -0.1) is 0 Å². The van der Waals surface area contributed by atoms with E-state index in [1.807, 2.05) is 167 Å². The highest BCUT2D eigenvalue weighted by molar-refractivity contribution is 5.97. The Hall–Kier alpha value is -8.82. The predicted molar refractivity (Wildman–Crippen MR) is 285 cm³/mol. The molecular weight excluding hydrogens is 855 g/mol. The van der Waals surface area contributed by atoms with Crippen molar-refractivity contribution in [3.05, 3.63) is 223 Å². The van der Waals surface area contributed by atoms with Gasteiger partial charge in [0.1, 0.15) is 5.60 Å². The van der Waals surface area contributed by atoms with Crippen molar-refractivity contribution in [1.82, 2.24) is 9.55 Å². The Morgan fingerprint density at radius 1 is 0.551 bits per heavy atom. The first-order valence-corrected chi connectivity index (χ1v) is 22.7. The first-order chi connectivity index (χ1) is 33.3. The summed E-state index contributed by atoms with van der Waals surface area (Å²) in [6.07, 6.45) is 3.27. The normalized spacial score (nSPS) is 10.9. The molecule has 6 N–H and O–H groups in total. The molecule has 0 aliphatic rings. The number of ether oxygens (including phenoxy) is 1. The fraction of sp³-hybridized carbons (Fsp3) is 0.100. The molecule has 2 heterocycles. The van der Waals surface area contributed by atoms with E-state index in [9.17, 15) is 14.7 Å². The standard InChI is InChI=1S/C26H26N2O2.C21H16N2O2.C13H13N/c1-18-10-11-20(19-8-6-5-7-9-19)17-23(18)27-22-12-13-24-21(16-22)14-15-28(24)25(29)30-26(2,3)4;24-21(25)18-8-6-15(14-4-2-1-3-5-14)13-20(18)23-17-7-9-19-16(12-17)10-11-22-19;1-10-7-8-12(9-13(10)14)11-5-3-2-4-6-11/h5-17,27H,1-4H3;1-13,22-23H,(H,24,25);2-9H,14H2,1H3. The van der Waals surface area contributed by atoms with E-state index in [1.165, 1.54) is 27.8 Å². The van der Waals surface area contributed by atoms with Crippen molar-refractivity contribution in [2.24, 2.45) is 0 Å². The fourth-order valence-corrected chi connectivity index (χ4v) is 7.79. The number of fused-ring (bicyclic) bond motifs is 2. The summed E-state index contributed by atoms with van der Waals surface area (Å²) in [7, 11) is 0. The number of rotatable bonds is 8. The van der Waals surface area contributed by atoms with Crippen LogP contribution in [0, 0.1) is 13.8 Å². The molecule has 344 valence electrons. The Morgan fingerprint density at radius 2 is 1.07 bits per heavy atom. The second kappa shape index (κ2) is 20.8. The van der Waals surface area contributed by atoms with Crippen LogP contribution >= 0.6 is 0 Å². The van der Waals surface area contributed by atoms with Gasteiger partial charge in [-0.1, -0.05) is 121 Å². The monoisotopic (exact) mass is 909 g/mol. The number of anilines is 5. The highest BCUT2D eigenvalue weighted by atomic mass is 16.6. The molecule has 0 bridgehead atoms. The number of H-pyrrole nitrogens is 1.